The molecule has 0 aliphatic carbocycles. The van der Waals surface area contributed by atoms with Gasteiger partial charge < -0.3 is 5.32 Å². The van der Waals surface area contributed by atoms with E-state index in [1.165, 1.54) is 0 Å². The Morgan fingerprint density at radius 3 is 2.45 bits per heavy atom. The fourth-order valence-electron chi connectivity index (χ4n) is 0.952. The number of allylic oxidation sites excluding steroid dienone is 2. The van der Waals surface area contributed by atoms with Crippen LogP contribution in [0.5, 0.6) is 0 Å². The van der Waals surface area contributed by atoms with E-state index < -0.39 is 0 Å². The van der Waals surface area contributed by atoms with Gasteiger partial charge in [-0.1, -0.05) is 26.5 Å². The van der Waals surface area contributed by atoms with Crippen LogP contribution in [0.1, 0.15) is 26.7 Å². The molecule has 0 saturated carbocycles. The molecule has 0 aliphatic rings. The van der Waals surface area contributed by atoms with E-state index in [9.17, 15) is 0 Å². The van der Waals surface area contributed by atoms with Crippen molar-refractivity contribution in [3.05, 3.63) is 24.9 Å². The first-order chi connectivity index (χ1) is 5.04. The molecule has 0 bridgehead atoms. The van der Waals surface area contributed by atoms with Crippen LogP contribution in [-0.2, 0) is 0 Å². The van der Waals surface area contributed by atoms with Crippen LogP contribution in [0.15, 0.2) is 24.9 Å². The molecule has 0 saturated heterocycles. The van der Waals surface area contributed by atoms with E-state index in [-0.39, 0.29) is 5.41 Å². The topological polar surface area (TPSA) is 12.0 Å². The zero-order chi connectivity index (χ0) is 8.91. The molecule has 0 aliphatic heterocycles. The van der Waals surface area contributed by atoms with Gasteiger partial charge in [0.05, 0.1) is 0 Å². The summed E-state index contributed by atoms with van der Waals surface area (Å²) in [6.45, 7) is 12.0. The predicted octanol–water partition coefficient (Wildman–Crippen LogP) is 2.71. The quantitative estimate of drug-likeness (QED) is 0.599. The average Bonchev–Trinajstić information content (AvgIpc) is 1.99. The minimum absolute atomic E-state index is 0.183. The molecule has 0 aromatic rings. The van der Waals surface area contributed by atoms with Gasteiger partial charge in [-0.3, -0.25) is 0 Å². The minimum Gasteiger partial charge on any atom is -0.391 e. The molecule has 0 spiro atoms. The van der Waals surface area contributed by atoms with E-state index in [0.29, 0.717) is 0 Å². The van der Waals surface area contributed by atoms with E-state index in [1.807, 2.05) is 13.1 Å². The maximum atomic E-state index is 3.95. The monoisotopic (exact) mass is 153 g/mol. The second kappa shape index (κ2) is 4.22. The Kier molecular flexibility index (Phi) is 3.94. The first-order valence-corrected chi connectivity index (χ1v) is 4.02. The second-order valence-corrected chi connectivity index (χ2v) is 3.44. The normalized spacial score (nSPS) is 10.8. The van der Waals surface area contributed by atoms with Gasteiger partial charge >= 0.3 is 0 Å². The first kappa shape index (κ1) is 10.3. The second-order valence-electron chi connectivity index (χ2n) is 3.44. The molecule has 1 nitrogen and oxygen atoms in total. The lowest BCUT2D eigenvalue weighted by atomic mass is 9.85. The molecule has 0 heterocycles. The van der Waals surface area contributed by atoms with Gasteiger partial charge in [-0.25, -0.2) is 0 Å². The zero-order valence-electron chi connectivity index (χ0n) is 7.91. The largest absolute Gasteiger partial charge is 0.391 e. The van der Waals surface area contributed by atoms with Gasteiger partial charge in [0, 0.05) is 18.2 Å². The Hall–Kier alpha value is -0.720. The smallest absolute Gasteiger partial charge is 0.00885 e. The summed E-state index contributed by atoms with van der Waals surface area (Å²) in [6.07, 6.45) is 4.11. The molecule has 0 aromatic carbocycles. The molecule has 11 heavy (non-hydrogen) atoms. The van der Waals surface area contributed by atoms with Crippen molar-refractivity contribution in [1.29, 1.82) is 0 Å². The van der Waals surface area contributed by atoms with Crippen LogP contribution < -0.4 is 5.32 Å². The van der Waals surface area contributed by atoms with Crippen LogP contribution in [0.25, 0.3) is 0 Å². The number of hydrogen-bond acceptors (Lipinski definition) is 1. The van der Waals surface area contributed by atoms with E-state index >= 15 is 0 Å². The molecule has 1 N–H and O–H groups in total. The van der Waals surface area contributed by atoms with Gasteiger partial charge in [0.1, 0.15) is 0 Å². The zero-order valence-corrected chi connectivity index (χ0v) is 7.91. The molecule has 0 radical (unpaired) electrons. The maximum Gasteiger partial charge on any atom is 0.00885 e. The third kappa shape index (κ3) is 3.26. The third-order valence-electron chi connectivity index (χ3n) is 2.09. The van der Waals surface area contributed by atoms with Crippen molar-refractivity contribution in [2.45, 2.75) is 26.7 Å². The fourth-order valence-corrected chi connectivity index (χ4v) is 0.952. The molecule has 0 rings (SSSR count). The van der Waals surface area contributed by atoms with Gasteiger partial charge in [0.15, 0.2) is 0 Å². The molecular weight excluding hydrogens is 134 g/mol. The number of hydrogen-bond donors (Lipinski definition) is 1. The van der Waals surface area contributed by atoms with E-state index in [2.05, 4.69) is 32.3 Å². The summed E-state index contributed by atoms with van der Waals surface area (Å²) in [6, 6.07) is 0. The highest BCUT2D eigenvalue weighted by atomic mass is 14.8. The van der Waals surface area contributed by atoms with Crippen molar-refractivity contribution in [3.63, 3.8) is 0 Å². The van der Waals surface area contributed by atoms with Crippen molar-refractivity contribution in [1.82, 2.24) is 5.32 Å². The van der Waals surface area contributed by atoms with E-state index in [4.69, 9.17) is 0 Å². The van der Waals surface area contributed by atoms with Gasteiger partial charge in [0.2, 0.25) is 0 Å². The van der Waals surface area contributed by atoms with Crippen LogP contribution >= 0.6 is 0 Å². The Bertz CT molecular complexity index is 145. The van der Waals surface area contributed by atoms with Gasteiger partial charge in [-0.05, 0) is 12.8 Å². The fraction of sp³-hybridized carbons (Fsp3) is 0.600. The summed E-state index contributed by atoms with van der Waals surface area (Å²) in [5.41, 5.74) is 1.28. The Morgan fingerprint density at radius 2 is 2.09 bits per heavy atom. The van der Waals surface area contributed by atoms with Crippen LogP contribution in [0, 0.1) is 5.41 Å². The molecule has 64 valence electrons. The van der Waals surface area contributed by atoms with Crippen LogP contribution in [0.4, 0.5) is 0 Å². The first-order valence-electron chi connectivity index (χ1n) is 4.02. The van der Waals surface area contributed by atoms with Gasteiger partial charge in [-0.2, -0.15) is 0 Å². The highest BCUT2D eigenvalue weighted by Gasteiger charge is 2.19. The maximum absolute atomic E-state index is 3.95. The SMILES string of the molecule is C=CCCC(C)(C)C(=C)NC. The lowest BCUT2D eigenvalue weighted by molar-refractivity contribution is 0.392. The van der Waals surface area contributed by atoms with Crippen LogP contribution in [-0.4, -0.2) is 7.05 Å². The molecular formula is C10H19N. The number of rotatable bonds is 5. The van der Waals surface area contributed by atoms with Crippen LogP contribution in [0.2, 0.25) is 0 Å². The Morgan fingerprint density at radius 1 is 1.55 bits per heavy atom. The summed E-state index contributed by atoms with van der Waals surface area (Å²) < 4.78 is 0. The van der Waals surface area contributed by atoms with E-state index in [0.717, 1.165) is 18.5 Å². The molecule has 0 atom stereocenters. The summed E-state index contributed by atoms with van der Waals surface area (Å²) in [7, 11) is 1.91. The van der Waals surface area contributed by atoms with Crippen molar-refractivity contribution in [2.24, 2.45) is 5.41 Å². The van der Waals surface area contributed by atoms with Crippen LogP contribution in [0.3, 0.4) is 0 Å². The highest BCUT2D eigenvalue weighted by molar-refractivity contribution is 5.04. The standard InChI is InChI=1S/C10H19N/c1-6-7-8-10(3,4)9(2)11-5/h6,11H,1-2,7-8H2,3-5H3. The summed E-state index contributed by atoms with van der Waals surface area (Å²) in [5, 5.41) is 3.09. The lowest BCUT2D eigenvalue weighted by Gasteiger charge is -2.26. The Balaban J connectivity index is 3.97. The van der Waals surface area contributed by atoms with Crippen molar-refractivity contribution < 1.29 is 0 Å². The molecule has 0 unspecified atom stereocenters. The molecule has 0 amide bonds. The van der Waals surface area contributed by atoms with Crippen molar-refractivity contribution in [3.8, 4) is 0 Å². The lowest BCUT2D eigenvalue weighted by Crippen LogP contribution is -2.22. The minimum atomic E-state index is 0.183. The average molecular weight is 153 g/mol. The summed E-state index contributed by atoms with van der Waals surface area (Å²) in [4.78, 5) is 0. The molecule has 0 aromatic heterocycles. The van der Waals surface area contributed by atoms with Gasteiger partial charge in [0.25, 0.3) is 0 Å². The summed E-state index contributed by atoms with van der Waals surface area (Å²) in [5.74, 6) is 0. The van der Waals surface area contributed by atoms with E-state index in [1.54, 1.807) is 0 Å². The third-order valence-corrected chi connectivity index (χ3v) is 2.09. The highest BCUT2D eigenvalue weighted by Crippen LogP contribution is 2.28. The summed E-state index contributed by atoms with van der Waals surface area (Å²) >= 11 is 0. The molecule has 0 fully saturated rings. The van der Waals surface area contributed by atoms with Crippen molar-refractivity contribution >= 4 is 0 Å². The molecule has 1 heteroatoms. The predicted molar refractivity (Wildman–Crippen MR) is 51.4 cm³/mol. The number of nitrogens with one attached hydrogen (secondary N) is 1. The van der Waals surface area contributed by atoms with Crippen molar-refractivity contribution in [2.75, 3.05) is 7.05 Å². The van der Waals surface area contributed by atoms with Gasteiger partial charge in [-0.15, -0.1) is 6.58 Å². The Labute approximate surface area is 70.2 Å².